The maximum Gasteiger partial charge on any atom is 0.306 e. The highest BCUT2D eigenvalue weighted by Gasteiger charge is 2.42. The molecule has 1 saturated heterocycles. The molecule has 2 rings (SSSR count). The minimum Gasteiger partial charge on any atom is -0.481 e. The lowest BCUT2D eigenvalue weighted by atomic mass is 9.99. The van der Waals surface area contributed by atoms with Crippen molar-refractivity contribution in [2.24, 2.45) is 11.8 Å². The second-order valence-corrected chi connectivity index (χ2v) is 7.79. The maximum absolute atomic E-state index is 12.3. The minimum absolute atomic E-state index is 0.285. The first-order valence-corrected chi connectivity index (χ1v) is 8.18. The standard InChI is InChI=1S/C12H22N2O4S/c1-12(2,10-3-4-10)13-19(17,18)14-7-5-9(6-8-14)11(15)16/h9-10,13H,3-8H2,1-2H3,(H,15,16). The van der Waals surface area contributed by atoms with Gasteiger partial charge in [0.1, 0.15) is 0 Å². The van der Waals surface area contributed by atoms with Gasteiger partial charge >= 0.3 is 5.97 Å². The zero-order valence-corrected chi connectivity index (χ0v) is 12.2. The van der Waals surface area contributed by atoms with E-state index in [9.17, 15) is 13.2 Å². The third kappa shape index (κ3) is 3.46. The summed E-state index contributed by atoms with van der Waals surface area (Å²) in [4.78, 5) is 10.9. The highest BCUT2D eigenvalue weighted by molar-refractivity contribution is 7.87. The molecule has 19 heavy (non-hydrogen) atoms. The van der Waals surface area contributed by atoms with Crippen molar-refractivity contribution in [3.63, 3.8) is 0 Å². The van der Waals surface area contributed by atoms with Crippen LogP contribution in [-0.4, -0.2) is 42.4 Å². The predicted molar refractivity (Wildman–Crippen MR) is 70.8 cm³/mol. The Labute approximate surface area is 114 Å². The fraction of sp³-hybridized carbons (Fsp3) is 0.917. The van der Waals surface area contributed by atoms with E-state index in [-0.39, 0.29) is 13.1 Å². The molecule has 1 heterocycles. The summed E-state index contributed by atoms with van der Waals surface area (Å²) in [5.74, 6) is -0.829. The quantitative estimate of drug-likeness (QED) is 0.784. The Balaban J connectivity index is 1.95. The number of carboxylic acids is 1. The predicted octanol–water partition coefficient (Wildman–Crippen LogP) is 0.806. The number of carbonyl (C=O) groups is 1. The molecule has 0 spiro atoms. The molecule has 2 N–H and O–H groups in total. The van der Waals surface area contributed by atoms with Crippen LogP contribution in [0.1, 0.15) is 39.5 Å². The van der Waals surface area contributed by atoms with Crippen LogP contribution in [0.25, 0.3) is 0 Å². The molecule has 2 aliphatic rings. The molecule has 0 aromatic carbocycles. The van der Waals surface area contributed by atoms with E-state index in [1.54, 1.807) is 0 Å². The van der Waals surface area contributed by atoms with Gasteiger partial charge in [0.25, 0.3) is 10.2 Å². The van der Waals surface area contributed by atoms with E-state index in [2.05, 4.69) is 4.72 Å². The zero-order valence-electron chi connectivity index (χ0n) is 11.4. The molecule has 0 aromatic heterocycles. The smallest absolute Gasteiger partial charge is 0.306 e. The molecule has 6 nitrogen and oxygen atoms in total. The summed E-state index contributed by atoms with van der Waals surface area (Å²) in [5, 5.41) is 8.91. The van der Waals surface area contributed by atoms with Crippen LogP contribution in [0.3, 0.4) is 0 Å². The fourth-order valence-corrected chi connectivity index (χ4v) is 4.28. The molecular formula is C12H22N2O4S. The SMILES string of the molecule is CC(C)(NS(=O)(=O)N1CCC(C(=O)O)CC1)C1CC1. The van der Waals surface area contributed by atoms with E-state index in [0.717, 1.165) is 12.8 Å². The van der Waals surface area contributed by atoms with Crippen molar-refractivity contribution in [2.45, 2.75) is 45.1 Å². The summed E-state index contributed by atoms with van der Waals surface area (Å²) in [7, 11) is -3.50. The van der Waals surface area contributed by atoms with Gasteiger partial charge in [0.15, 0.2) is 0 Å². The molecule has 0 atom stereocenters. The highest BCUT2D eigenvalue weighted by atomic mass is 32.2. The summed E-state index contributed by atoms with van der Waals surface area (Å²) in [5.41, 5.74) is -0.414. The molecule has 0 bridgehead atoms. The average Bonchev–Trinajstić information content (AvgIpc) is 3.11. The third-order valence-electron chi connectivity index (χ3n) is 4.13. The van der Waals surface area contributed by atoms with Crippen molar-refractivity contribution in [1.82, 2.24) is 9.03 Å². The number of rotatable bonds is 5. The van der Waals surface area contributed by atoms with Crippen LogP contribution in [-0.2, 0) is 15.0 Å². The van der Waals surface area contributed by atoms with Crippen LogP contribution in [0.15, 0.2) is 0 Å². The molecule has 0 aromatic rings. The van der Waals surface area contributed by atoms with Gasteiger partial charge in [-0.1, -0.05) is 0 Å². The molecule has 1 aliphatic heterocycles. The average molecular weight is 290 g/mol. The first-order chi connectivity index (χ1) is 8.72. The molecule has 7 heteroatoms. The van der Waals surface area contributed by atoms with Gasteiger partial charge in [0.2, 0.25) is 0 Å². The van der Waals surface area contributed by atoms with E-state index >= 15 is 0 Å². The van der Waals surface area contributed by atoms with Gasteiger partial charge in [-0.2, -0.15) is 17.4 Å². The van der Waals surface area contributed by atoms with Crippen LogP contribution >= 0.6 is 0 Å². The fourth-order valence-electron chi connectivity index (χ4n) is 2.63. The number of aliphatic carboxylic acids is 1. The van der Waals surface area contributed by atoms with Crippen molar-refractivity contribution in [3.05, 3.63) is 0 Å². The van der Waals surface area contributed by atoms with Crippen LogP contribution < -0.4 is 4.72 Å². The van der Waals surface area contributed by atoms with E-state index in [4.69, 9.17) is 5.11 Å². The van der Waals surface area contributed by atoms with Gasteiger partial charge in [-0.05, 0) is 45.4 Å². The van der Waals surface area contributed by atoms with Gasteiger partial charge in [0.05, 0.1) is 5.92 Å². The monoisotopic (exact) mass is 290 g/mol. The Morgan fingerprint density at radius 1 is 1.21 bits per heavy atom. The van der Waals surface area contributed by atoms with Gasteiger partial charge in [0, 0.05) is 18.6 Å². The topological polar surface area (TPSA) is 86.7 Å². The highest BCUT2D eigenvalue weighted by Crippen LogP contribution is 2.39. The Morgan fingerprint density at radius 3 is 2.16 bits per heavy atom. The van der Waals surface area contributed by atoms with Crippen molar-refractivity contribution in [1.29, 1.82) is 0 Å². The Hall–Kier alpha value is -0.660. The summed E-state index contributed by atoms with van der Waals surface area (Å²) in [6.45, 7) is 4.39. The molecule has 0 amide bonds. The lowest BCUT2D eigenvalue weighted by Crippen LogP contribution is -2.53. The number of nitrogens with one attached hydrogen (secondary N) is 1. The first kappa shape index (κ1) is 14.7. The van der Waals surface area contributed by atoms with Crippen molar-refractivity contribution >= 4 is 16.2 Å². The lowest BCUT2D eigenvalue weighted by molar-refractivity contribution is -0.142. The number of nitrogens with zero attached hydrogens (tertiary/aromatic N) is 1. The van der Waals surface area contributed by atoms with Crippen molar-refractivity contribution in [2.75, 3.05) is 13.1 Å². The summed E-state index contributed by atoms with van der Waals surface area (Å²) in [6, 6.07) is 0. The number of hydrogen-bond acceptors (Lipinski definition) is 3. The largest absolute Gasteiger partial charge is 0.481 e. The first-order valence-electron chi connectivity index (χ1n) is 6.74. The van der Waals surface area contributed by atoms with E-state index in [1.165, 1.54) is 4.31 Å². The summed E-state index contributed by atoms with van der Waals surface area (Å²) < 4.78 is 28.7. The number of hydrogen-bond donors (Lipinski definition) is 2. The molecule has 1 aliphatic carbocycles. The maximum atomic E-state index is 12.3. The Morgan fingerprint density at radius 2 is 1.74 bits per heavy atom. The molecular weight excluding hydrogens is 268 g/mol. The lowest BCUT2D eigenvalue weighted by Gasteiger charge is -2.33. The molecule has 1 saturated carbocycles. The van der Waals surface area contributed by atoms with Gasteiger partial charge < -0.3 is 5.11 Å². The summed E-state index contributed by atoms with van der Waals surface area (Å²) >= 11 is 0. The van der Waals surface area contributed by atoms with Crippen LogP contribution in [0.5, 0.6) is 0 Å². The Kier molecular flexibility index (Phi) is 3.90. The van der Waals surface area contributed by atoms with Gasteiger partial charge in [-0.3, -0.25) is 4.79 Å². The van der Waals surface area contributed by atoms with E-state index in [1.807, 2.05) is 13.8 Å². The summed E-state index contributed by atoms with van der Waals surface area (Å²) in [6.07, 6.45) is 2.91. The van der Waals surface area contributed by atoms with Crippen molar-refractivity contribution < 1.29 is 18.3 Å². The zero-order chi connectivity index (χ0) is 14.3. The second kappa shape index (κ2) is 5.03. The van der Waals surface area contributed by atoms with Crippen LogP contribution in [0.4, 0.5) is 0 Å². The van der Waals surface area contributed by atoms with Gasteiger partial charge in [-0.15, -0.1) is 0 Å². The number of carboxylic acid groups (broad SMARTS) is 1. The molecule has 0 radical (unpaired) electrons. The van der Waals surface area contributed by atoms with Crippen molar-refractivity contribution in [3.8, 4) is 0 Å². The molecule has 110 valence electrons. The third-order valence-corrected chi connectivity index (χ3v) is 5.96. The van der Waals surface area contributed by atoms with Crippen LogP contribution in [0.2, 0.25) is 0 Å². The normalized spacial score (nSPS) is 23.5. The second-order valence-electron chi connectivity index (χ2n) is 6.11. The molecule has 2 fully saturated rings. The van der Waals surface area contributed by atoms with E-state index < -0.39 is 27.6 Å². The Bertz CT molecular complexity index is 448. The van der Waals surface area contributed by atoms with E-state index in [0.29, 0.717) is 18.8 Å². The number of piperidine rings is 1. The molecule has 0 unspecified atom stereocenters. The minimum atomic E-state index is -3.50. The van der Waals surface area contributed by atoms with Crippen LogP contribution in [0, 0.1) is 11.8 Å². The van der Waals surface area contributed by atoms with Gasteiger partial charge in [-0.25, -0.2) is 0 Å².